The van der Waals surface area contributed by atoms with Crippen LogP contribution in [0.1, 0.15) is 38.3 Å². The van der Waals surface area contributed by atoms with Crippen molar-refractivity contribution in [2.24, 2.45) is 0 Å². The summed E-state index contributed by atoms with van der Waals surface area (Å²) in [6, 6.07) is 16.1. The topological polar surface area (TPSA) is 21.3 Å². The first-order valence-corrected chi connectivity index (χ1v) is 8.08. The zero-order valence-electron chi connectivity index (χ0n) is 13.9. The van der Waals surface area contributed by atoms with Gasteiger partial charge < -0.3 is 10.1 Å². The molecule has 0 atom stereocenters. The number of ether oxygens (including phenoxy) is 1. The van der Waals surface area contributed by atoms with Crippen molar-refractivity contribution in [3.8, 4) is 5.75 Å². The van der Waals surface area contributed by atoms with E-state index in [9.17, 15) is 0 Å². The number of nitrogens with one attached hydrogen (secondary N) is 1. The maximum Gasteiger partial charge on any atom is 0.138 e. The molecule has 2 rings (SSSR count). The Kier molecular flexibility index (Phi) is 7.90. The Morgan fingerprint density at radius 2 is 1.74 bits per heavy atom. The van der Waals surface area contributed by atoms with Gasteiger partial charge in [-0.3, -0.25) is 0 Å². The van der Waals surface area contributed by atoms with Crippen LogP contribution >= 0.6 is 24.0 Å². The molecule has 0 bridgehead atoms. The van der Waals surface area contributed by atoms with Crippen LogP contribution in [0.15, 0.2) is 48.5 Å². The highest BCUT2D eigenvalue weighted by molar-refractivity contribution is 6.32. The van der Waals surface area contributed by atoms with Crippen molar-refractivity contribution in [3.05, 3.63) is 64.7 Å². The second-order valence-electron chi connectivity index (χ2n) is 6.13. The first kappa shape index (κ1) is 19.8. The average Bonchev–Trinajstić information content (AvgIpc) is 2.53. The fraction of sp³-hybridized carbons (Fsp3) is 0.368. The van der Waals surface area contributed by atoms with Crippen molar-refractivity contribution in [2.45, 2.75) is 45.9 Å². The summed E-state index contributed by atoms with van der Waals surface area (Å²) in [5.41, 5.74) is 2.43. The molecule has 23 heavy (non-hydrogen) atoms. The van der Waals surface area contributed by atoms with Gasteiger partial charge in [0.25, 0.3) is 0 Å². The number of hydrogen-bond donors (Lipinski definition) is 1. The highest BCUT2D eigenvalue weighted by Gasteiger charge is 2.13. The quantitative estimate of drug-likeness (QED) is 0.697. The second kappa shape index (κ2) is 9.17. The van der Waals surface area contributed by atoms with Gasteiger partial charge in [0.15, 0.2) is 0 Å². The SMILES string of the molecule is CCC(C)(C)NCc1ccc(OCc2ccccc2)c(Cl)c1.Cl. The van der Waals surface area contributed by atoms with Gasteiger partial charge in [-0.25, -0.2) is 0 Å². The molecule has 0 aliphatic heterocycles. The molecule has 2 aromatic rings. The third kappa shape index (κ3) is 6.42. The molecule has 0 saturated carbocycles. The molecule has 0 aliphatic rings. The zero-order valence-corrected chi connectivity index (χ0v) is 15.5. The largest absolute Gasteiger partial charge is 0.487 e. The number of rotatable bonds is 7. The van der Waals surface area contributed by atoms with Crippen LogP contribution in [0.2, 0.25) is 5.02 Å². The molecule has 0 saturated heterocycles. The van der Waals surface area contributed by atoms with Gasteiger partial charge in [0, 0.05) is 12.1 Å². The van der Waals surface area contributed by atoms with E-state index >= 15 is 0 Å². The average molecular weight is 354 g/mol. The van der Waals surface area contributed by atoms with E-state index in [0.717, 1.165) is 24.3 Å². The predicted molar refractivity (Wildman–Crippen MR) is 101 cm³/mol. The Hall–Kier alpha value is -1.22. The van der Waals surface area contributed by atoms with E-state index in [-0.39, 0.29) is 17.9 Å². The van der Waals surface area contributed by atoms with Gasteiger partial charge >= 0.3 is 0 Å². The van der Waals surface area contributed by atoms with Gasteiger partial charge in [0.2, 0.25) is 0 Å². The van der Waals surface area contributed by atoms with Gasteiger partial charge in [-0.1, -0.05) is 54.9 Å². The van der Waals surface area contributed by atoms with Crippen LogP contribution in [-0.2, 0) is 13.2 Å². The fourth-order valence-corrected chi connectivity index (χ4v) is 2.23. The number of halogens is 2. The smallest absolute Gasteiger partial charge is 0.138 e. The molecule has 0 amide bonds. The minimum Gasteiger partial charge on any atom is -0.487 e. The maximum atomic E-state index is 6.33. The summed E-state index contributed by atoms with van der Waals surface area (Å²) < 4.78 is 5.79. The lowest BCUT2D eigenvalue weighted by molar-refractivity contribution is 0.306. The molecule has 0 fully saturated rings. The molecule has 1 N–H and O–H groups in total. The fourth-order valence-electron chi connectivity index (χ4n) is 1.97. The van der Waals surface area contributed by atoms with Crippen LogP contribution in [-0.4, -0.2) is 5.54 Å². The molecule has 4 heteroatoms. The summed E-state index contributed by atoms with van der Waals surface area (Å²) in [6.07, 6.45) is 1.08. The van der Waals surface area contributed by atoms with Crippen LogP contribution in [0.25, 0.3) is 0 Å². The summed E-state index contributed by atoms with van der Waals surface area (Å²) in [7, 11) is 0. The number of hydrogen-bond acceptors (Lipinski definition) is 2. The Bertz CT molecular complexity index is 600. The minimum absolute atomic E-state index is 0. The third-order valence-electron chi connectivity index (χ3n) is 3.89. The van der Waals surface area contributed by atoms with Gasteiger partial charge in [-0.15, -0.1) is 12.4 Å². The molecule has 0 aliphatic carbocycles. The van der Waals surface area contributed by atoms with E-state index in [1.165, 1.54) is 5.56 Å². The first-order valence-electron chi connectivity index (χ1n) is 7.70. The van der Waals surface area contributed by atoms with E-state index in [1.54, 1.807) is 0 Å². The van der Waals surface area contributed by atoms with E-state index in [1.807, 2.05) is 42.5 Å². The molecule has 0 spiro atoms. The van der Waals surface area contributed by atoms with Crippen molar-refractivity contribution in [3.63, 3.8) is 0 Å². The molecular weight excluding hydrogens is 329 g/mol. The Morgan fingerprint density at radius 3 is 2.35 bits per heavy atom. The van der Waals surface area contributed by atoms with Crippen molar-refractivity contribution < 1.29 is 4.74 Å². The lowest BCUT2D eigenvalue weighted by Gasteiger charge is -2.24. The molecule has 2 nitrogen and oxygen atoms in total. The molecule has 0 radical (unpaired) electrons. The highest BCUT2D eigenvalue weighted by atomic mass is 35.5. The molecular formula is C19H25Cl2NO. The minimum atomic E-state index is 0. The molecule has 2 aromatic carbocycles. The van der Waals surface area contributed by atoms with Crippen molar-refractivity contribution in [1.82, 2.24) is 5.32 Å². The lowest BCUT2D eigenvalue weighted by Crippen LogP contribution is -2.37. The monoisotopic (exact) mass is 353 g/mol. The van der Waals surface area contributed by atoms with Crippen molar-refractivity contribution in [1.29, 1.82) is 0 Å². The summed E-state index contributed by atoms with van der Waals surface area (Å²) in [6.45, 7) is 7.92. The standard InChI is InChI=1S/C19H24ClNO.ClH/c1-4-19(2,3)21-13-16-10-11-18(17(20)12-16)22-14-15-8-6-5-7-9-15;/h5-12,21H,4,13-14H2,1-3H3;1H. The zero-order chi connectivity index (χ0) is 16.0. The van der Waals surface area contributed by atoms with E-state index < -0.39 is 0 Å². The molecule has 126 valence electrons. The predicted octanol–water partition coefficient (Wildman–Crippen LogP) is 5.62. The third-order valence-corrected chi connectivity index (χ3v) is 4.18. The van der Waals surface area contributed by atoms with Crippen LogP contribution in [0.4, 0.5) is 0 Å². The summed E-state index contributed by atoms with van der Waals surface area (Å²) in [4.78, 5) is 0. The van der Waals surface area contributed by atoms with E-state index in [0.29, 0.717) is 11.6 Å². The van der Waals surface area contributed by atoms with Gasteiger partial charge in [0.05, 0.1) is 5.02 Å². The van der Waals surface area contributed by atoms with Crippen LogP contribution in [0, 0.1) is 0 Å². The van der Waals surface area contributed by atoms with Gasteiger partial charge in [-0.2, -0.15) is 0 Å². The number of benzene rings is 2. The van der Waals surface area contributed by atoms with Crippen LogP contribution in [0.3, 0.4) is 0 Å². The van der Waals surface area contributed by atoms with Crippen LogP contribution < -0.4 is 10.1 Å². The second-order valence-corrected chi connectivity index (χ2v) is 6.54. The van der Waals surface area contributed by atoms with E-state index in [4.69, 9.17) is 16.3 Å². The molecule has 0 heterocycles. The van der Waals surface area contributed by atoms with Gasteiger partial charge in [-0.05, 0) is 43.5 Å². The summed E-state index contributed by atoms with van der Waals surface area (Å²) in [5.74, 6) is 0.726. The highest BCUT2D eigenvalue weighted by Crippen LogP contribution is 2.26. The Labute approximate surface area is 150 Å². The summed E-state index contributed by atoms with van der Waals surface area (Å²) in [5, 5.41) is 4.19. The molecule has 0 aromatic heterocycles. The maximum absolute atomic E-state index is 6.33. The Morgan fingerprint density at radius 1 is 1.04 bits per heavy atom. The summed E-state index contributed by atoms with van der Waals surface area (Å²) >= 11 is 6.33. The first-order chi connectivity index (χ1) is 10.5. The normalized spacial score (nSPS) is 11.0. The lowest BCUT2D eigenvalue weighted by atomic mass is 10.0. The Balaban J connectivity index is 0.00000264. The van der Waals surface area contributed by atoms with Crippen molar-refractivity contribution in [2.75, 3.05) is 0 Å². The van der Waals surface area contributed by atoms with Crippen LogP contribution in [0.5, 0.6) is 5.75 Å². The van der Waals surface area contributed by atoms with Crippen molar-refractivity contribution >= 4 is 24.0 Å². The molecule has 0 unspecified atom stereocenters. The van der Waals surface area contributed by atoms with E-state index in [2.05, 4.69) is 32.2 Å². The van der Waals surface area contributed by atoms with Gasteiger partial charge in [0.1, 0.15) is 12.4 Å².